The maximum absolute atomic E-state index is 13.2. The Hall–Kier alpha value is -2.49. The lowest BCUT2D eigenvalue weighted by molar-refractivity contribution is -0.116. The van der Waals surface area contributed by atoms with Gasteiger partial charge in [-0.05, 0) is 70.4 Å². The normalized spacial score (nSPS) is 16.8. The van der Waals surface area contributed by atoms with Gasteiger partial charge >= 0.3 is 0 Å². The zero-order chi connectivity index (χ0) is 26.8. The number of methoxy groups -OCH3 is 1. The zero-order valence-corrected chi connectivity index (χ0v) is 24.8. The van der Waals surface area contributed by atoms with Crippen LogP contribution in [-0.2, 0) is 10.5 Å². The molecule has 2 aromatic carbocycles. The fourth-order valence-corrected chi connectivity index (χ4v) is 6.39. The average Bonchev–Trinajstić information content (AvgIpc) is 3.30. The Labute approximate surface area is 240 Å². The van der Waals surface area contributed by atoms with Gasteiger partial charge in [0.15, 0.2) is 17.3 Å². The Morgan fingerprint density at radius 1 is 1.26 bits per heavy atom. The van der Waals surface area contributed by atoms with Crippen molar-refractivity contribution in [3.8, 4) is 11.5 Å². The molecule has 2 heterocycles. The highest BCUT2D eigenvalue weighted by atomic mass is 79.9. The van der Waals surface area contributed by atoms with Crippen LogP contribution >= 0.6 is 39.3 Å². The molecule has 38 heavy (non-hydrogen) atoms. The number of ketones is 1. The average molecular weight is 618 g/mol. The van der Waals surface area contributed by atoms with E-state index < -0.39 is 6.04 Å². The molecule has 0 spiro atoms. The molecule has 0 saturated heterocycles. The van der Waals surface area contributed by atoms with Gasteiger partial charge in [-0.15, -0.1) is 5.10 Å². The molecule has 200 valence electrons. The van der Waals surface area contributed by atoms with Crippen molar-refractivity contribution in [2.75, 3.05) is 19.0 Å². The molecule has 0 radical (unpaired) electrons. The number of thioether (sulfide) groups is 1. The lowest BCUT2D eigenvalue weighted by Gasteiger charge is -2.32. The number of ether oxygens (including phenoxy) is 2. The number of aromatic nitrogens is 3. The number of nitrogens with one attached hydrogen (secondary N) is 1. The Morgan fingerprint density at radius 2 is 2.08 bits per heavy atom. The summed E-state index contributed by atoms with van der Waals surface area (Å²) in [6, 6.07) is 11.3. The number of allylic oxidation sites excluding steroid dienone is 2. The van der Waals surface area contributed by atoms with E-state index in [1.54, 1.807) is 7.11 Å². The van der Waals surface area contributed by atoms with Crippen molar-refractivity contribution < 1.29 is 14.3 Å². The molecule has 3 aromatic rings. The van der Waals surface area contributed by atoms with Crippen LogP contribution in [0.25, 0.3) is 0 Å². The lowest BCUT2D eigenvalue weighted by Crippen LogP contribution is -2.31. The first-order chi connectivity index (χ1) is 18.4. The number of hydrogen-bond donors (Lipinski definition) is 1. The highest BCUT2D eigenvalue weighted by Gasteiger charge is 2.37. The van der Waals surface area contributed by atoms with Gasteiger partial charge in [-0.1, -0.05) is 55.4 Å². The fraction of sp³-hybridized carbons (Fsp3) is 0.393. The second-order valence-electron chi connectivity index (χ2n) is 9.80. The third-order valence-corrected chi connectivity index (χ3v) is 8.52. The van der Waals surface area contributed by atoms with E-state index in [0.29, 0.717) is 47.3 Å². The van der Waals surface area contributed by atoms with Gasteiger partial charge < -0.3 is 14.8 Å². The van der Waals surface area contributed by atoms with Crippen LogP contribution in [0.5, 0.6) is 11.5 Å². The van der Waals surface area contributed by atoms with Crippen LogP contribution in [0.15, 0.2) is 57.3 Å². The second-order valence-corrected chi connectivity index (χ2v) is 12.0. The van der Waals surface area contributed by atoms with Crippen LogP contribution < -0.4 is 14.8 Å². The van der Waals surface area contributed by atoms with Gasteiger partial charge in [0, 0.05) is 28.5 Å². The smallest absolute Gasteiger partial charge is 0.227 e. The first-order valence-corrected chi connectivity index (χ1v) is 14.9. The summed E-state index contributed by atoms with van der Waals surface area (Å²) in [6.45, 7) is 4.92. The largest absolute Gasteiger partial charge is 0.493 e. The standard InChI is InChI=1S/C28H30BrClN4O3S/c1-16(2)11-12-37-26-19(29)13-18(14-23(26)36-3)25-24-21(9-6-10-22(24)35)31-27-32-28(33-34(25)27)38-15-17-7-4-5-8-20(17)30/h4-5,7-8,13-14,16,25H,6,9-12,15H2,1-3H3,(H,31,32,33). The Balaban J connectivity index is 1.51. The Kier molecular flexibility index (Phi) is 8.35. The highest BCUT2D eigenvalue weighted by Crippen LogP contribution is 2.45. The molecular formula is C28H30BrClN4O3S. The molecular weight excluding hydrogens is 588 g/mol. The third-order valence-electron chi connectivity index (χ3n) is 6.67. The van der Waals surface area contributed by atoms with E-state index in [1.807, 2.05) is 41.1 Å². The van der Waals surface area contributed by atoms with Gasteiger partial charge in [0.1, 0.15) is 6.04 Å². The van der Waals surface area contributed by atoms with Crippen molar-refractivity contribution >= 4 is 51.0 Å². The molecule has 7 nitrogen and oxygen atoms in total. The second kappa shape index (κ2) is 11.7. The molecule has 1 aromatic heterocycles. The number of anilines is 1. The Bertz CT molecular complexity index is 1390. The molecule has 1 aliphatic carbocycles. The summed E-state index contributed by atoms with van der Waals surface area (Å²) in [7, 11) is 1.63. The van der Waals surface area contributed by atoms with E-state index in [0.717, 1.165) is 51.2 Å². The number of carbonyl (C=O) groups is 1. The first-order valence-electron chi connectivity index (χ1n) is 12.7. The SMILES string of the molecule is COc1cc(C2C3=C(CCCC3=O)Nc3nc(SCc4ccccc4Cl)nn32)cc(Br)c1OCCC(C)C. The number of halogens is 2. The molecule has 1 N–H and O–H groups in total. The number of rotatable bonds is 9. The summed E-state index contributed by atoms with van der Waals surface area (Å²) >= 11 is 11.6. The van der Waals surface area contributed by atoms with Crippen LogP contribution in [0, 0.1) is 5.92 Å². The summed E-state index contributed by atoms with van der Waals surface area (Å²) in [5.41, 5.74) is 3.55. The van der Waals surface area contributed by atoms with E-state index in [-0.39, 0.29) is 5.78 Å². The van der Waals surface area contributed by atoms with Gasteiger partial charge in [0.05, 0.1) is 18.2 Å². The van der Waals surface area contributed by atoms with Gasteiger partial charge in [0.2, 0.25) is 11.1 Å². The summed E-state index contributed by atoms with van der Waals surface area (Å²) in [4.78, 5) is 18.0. The van der Waals surface area contributed by atoms with Crippen molar-refractivity contribution in [3.05, 3.63) is 68.3 Å². The van der Waals surface area contributed by atoms with Crippen LogP contribution in [0.2, 0.25) is 5.02 Å². The van der Waals surface area contributed by atoms with Gasteiger partial charge in [0.25, 0.3) is 0 Å². The molecule has 0 bridgehead atoms. The van der Waals surface area contributed by atoms with Gasteiger partial charge in [-0.2, -0.15) is 4.98 Å². The van der Waals surface area contributed by atoms with Crippen molar-refractivity contribution in [3.63, 3.8) is 0 Å². The van der Waals surface area contributed by atoms with E-state index in [9.17, 15) is 4.79 Å². The van der Waals surface area contributed by atoms with Gasteiger partial charge in [-0.25, -0.2) is 4.68 Å². The van der Waals surface area contributed by atoms with Gasteiger partial charge in [-0.3, -0.25) is 4.79 Å². The van der Waals surface area contributed by atoms with Crippen molar-refractivity contribution in [2.24, 2.45) is 5.92 Å². The number of fused-ring (bicyclic) bond motifs is 1. The lowest BCUT2D eigenvalue weighted by atomic mass is 9.85. The molecule has 1 unspecified atom stereocenters. The van der Waals surface area contributed by atoms with Crippen LogP contribution in [0.4, 0.5) is 5.95 Å². The zero-order valence-electron chi connectivity index (χ0n) is 21.6. The topological polar surface area (TPSA) is 78.3 Å². The van der Waals surface area contributed by atoms with Crippen molar-refractivity contribution in [1.82, 2.24) is 14.8 Å². The van der Waals surface area contributed by atoms with E-state index >= 15 is 0 Å². The van der Waals surface area contributed by atoms with E-state index in [2.05, 4.69) is 35.1 Å². The number of Topliss-reactive ketones (excluding diaryl/α,β-unsaturated/α-hetero) is 1. The Morgan fingerprint density at radius 3 is 2.84 bits per heavy atom. The first kappa shape index (κ1) is 27.1. The fourth-order valence-electron chi connectivity index (χ4n) is 4.70. The van der Waals surface area contributed by atoms with E-state index in [4.69, 9.17) is 31.2 Å². The highest BCUT2D eigenvalue weighted by molar-refractivity contribution is 9.10. The minimum atomic E-state index is -0.425. The summed E-state index contributed by atoms with van der Waals surface area (Å²) < 4.78 is 14.4. The molecule has 0 saturated carbocycles. The molecule has 0 fully saturated rings. The minimum absolute atomic E-state index is 0.127. The molecule has 10 heteroatoms. The molecule has 1 aliphatic heterocycles. The maximum Gasteiger partial charge on any atom is 0.227 e. The number of carbonyl (C=O) groups excluding carboxylic acids is 1. The third kappa shape index (κ3) is 5.60. The maximum atomic E-state index is 13.2. The number of hydrogen-bond acceptors (Lipinski definition) is 7. The molecule has 0 amide bonds. The summed E-state index contributed by atoms with van der Waals surface area (Å²) in [5.74, 6) is 3.19. The summed E-state index contributed by atoms with van der Waals surface area (Å²) in [6.07, 6.45) is 3.06. The monoisotopic (exact) mass is 616 g/mol. The van der Waals surface area contributed by atoms with Crippen molar-refractivity contribution in [1.29, 1.82) is 0 Å². The molecule has 5 rings (SSSR count). The minimum Gasteiger partial charge on any atom is -0.493 e. The van der Waals surface area contributed by atoms with Crippen LogP contribution in [0.3, 0.4) is 0 Å². The molecule has 1 atom stereocenters. The van der Waals surface area contributed by atoms with Crippen LogP contribution in [0.1, 0.15) is 56.7 Å². The van der Waals surface area contributed by atoms with E-state index in [1.165, 1.54) is 11.8 Å². The quantitative estimate of drug-likeness (QED) is 0.250. The predicted molar refractivity (Wildman–Crippen MR) is 154 cm³/mol. The van der Waals surface area contributed by atoms with Crippen molar-refractivity contribution in [2.45, 2.75) is 56.5 Å². The number of nitrogens with zero attached hydrogens (tertiary/aromatic N) is 3. The summed E-state index contributed by atoms with van der Waals surface area (Å²) in [5, 5.41) is 9.57. The molecule has 2 aliphatic rings. The number of benzene rings is 2. The van der Waals surface area contributed by atoms with Crippen LogP contribution in [-0.4, -0.2) is 34.3 Å². The predicted octanol–water partition coefficient (Wildman–Crippen LogP) is 7.44.